The molecule has 0 aliphatic carbocycles. The Morgan fingerprint density at radius 1 is 1.57 bits per heavy atom. The average Bonchev–Trinajstić information content (AvgIpc) is 2.65. The molecule has 1 heterocycles. The van der Waals surface area contributed by atoms with Crippen molar-refractivity contribution in [1.82, 2.24) is 15.0 Å². The summed E-state index contributed by atoms with van der Waals surface area (Å²) in [6.07, 6.45) is 1.82. The van der Waals surface area contributed by atoms with Crippen LogP contribution in [0.1, 0.15) is 32.1 Å². The van der Waals surface area contributed by atoms with E-state index < -0.39 is 6.10 Å². The molecule has 1 aromatic rings. The molecular formula is C9H17N3O2. The van der Waals surface area contributed by atoms with Crippen LogP contribution in [0.5, 0.6) is 0 Å². The number of nitrogens with zero attached hydrogens (tertiary/aromatic N) is 3. The Hall–Kier alpha value is -0.940. The van der Waals surface area contributed by atoms with E-state index in [1.54, 1.807) is 10.9 Å². The molecule has 0 aliphatic heterocycles. The Kier molecular flexibility index (Phi) is 4.03. The first-order chi connectivity index (χ1) is 6.67. The summed E-state index contributed by atoms with van der Waals surface area (Å²) in [5, 5.41) is 26.0. The highest BCUT2D eigenvalue weighted by molar-refractivity contribution is 4.96. The molecule has 14 heavy (non-hydrogen) atoms. The first-order valence-electron chi connectivity index (χ1n) is 4.86. The van der Waals surface area contributed by atoms with Crippen LogP contribution in [0, 0.1) is 5.92 Å². The first-order valence-corrected chi connectivity index (χ1v) is 4.86. The van der Waals surface area contributed by atoms with E-state index in [4.69, 9.17) is 5.11 Å². The maximum absolute atomic E-state index is 9.47. The lowest BCUT2D eigenvalue weighted by Gasteiger charge is -2.06. The highest BCUT2D eigenvalue weighted by Gasteiger charge is 2.10. The fourth-order valence-electron chi connectivity index (χ4n) is 1.14. The second kappa shape index (κ2) is 5.07. The summed E-state index contributed by atoms with van der Waals surface area (Å²) in [5.74, 6) is 0.156. The minimum atomic E-state index is -0.534. The van der Waals surface area contributed by atoms with Gasteiger partial charge in [-0.25, -0.2) is 0 Å². The lowest BCUT2D eigenvalue weighted by atomic mass is 10.2. The molecule has 1 rings (SSSR count). The van der Waals surface area contributed by atoms with Gasteiger partial charge in [0.1, 0.15) is 5.69 Å². The van der Waals surface area contributed by atoms with Crippen LogP contribution < -0.4 is 0 Å². The largest absolute Gasteiger partial charge is 0.396 e. The van der Waals surface area contributed by atoms with Crippen LogP contribution in [0.25, 0.3) is 0 Å². The van der Waals surface area contributed by atoms with Gasteiger partial charge < -0.3 is 10.2 Å². The zero-order chi connectivity index (χ0) is 10.6. The van der Waals surface area contributed by atoms with Crippen molar-refractivity contribution in [2.45, 2.75) is 32.9 Å². The van der Waals surface area contributed by atoms with Gasteiger partial charge in [-0.2, -0.15) is 0 Å². The molecule has 5 nitrogen and oxygen atoms in total. The Bertz CT molecular complexity index is 275. The highest BCUT2D eigenvalue weighted by atomic mass is 16.3. The Labute approximate surface area is 83.4 Å². The normalized spacial score (nSPS) is 15.4. The predicted octanol–water partition coefficient (Wildman–Crippen LogP) is 0.350. The highest BCUT2D eigenvalue weighted by Crippen LogP contribution is 2.12. The molecule has 0 aromatic carbocycles. The zero-order valence-corrected chi connectivity index (χ0v) is 8.59. The molecule has 2 unspecified atom stereocenters. The summed E-state index contributed by atoms with van der Waals surface area (Å²) in [6.45, 7) is 4.57. The number of hydrogen-bond acceptors (Lipinski definition) is 4. The number of aromatic nitrogens is 3. The number of hydrogen-bond donors (Lipinski definition) is 2. The van der Waals surface area contributed by atoms with Crippen molar-refractivity contribution in [2.75, 3.05) is 6.61 Å². The average molecular weight is 199 g/mol. The summed E-state index contributed by atoms with van der Waals surface area (Å²) in [6, 6.07) is 0. The fraction of sp³-hybridized carbons (Fsp3) is 0.778. The van der Waals surface area contributed by atoms with Gasteiger partial charge in [0.05, 0.1) is 12.3 Å². The molecule has 5 heteroatoms. The van der Waals surface area contributed by atoms with E-state index in [9.17, 15) is 5.11 Å². The van der Waals surface area contributed by atoms with E-state index in [0.29, 0.717) is 18.7 Å². The quantitative estimate of drug-likeness (QED) is 0.717. The molecule has 0 spiro atoms. The molecule has 2 atom stereocenters. The van der Waals surface area contributed by atoms with Crippen molar-refractivity contribution in [3.05, 3.63) is 11.9 Å². The second-order valence-electron chi connectivity index (χ2n) is 3.58. The Morgan fingerprint density at radius 2 is 2.29 bits per heavy atom. The lowest BCUT2D eigenvalue weighted by molar-refractivity contribution is 0.168. The Morgan fingerprint density at radius 3 is 2.86 bits per heavy atom. The molecule has 0 aliphatic rings. The standard InChI is InChI=1S/C9H17N3O2/c1-3-9(14)8-5-12(11-10-8)4-7(2)6-13/h5,7,9,13-14H,3-4,6H2,1-2H3. The molecule has 0 radical (unpaired) electrons. The maximum atomic E-state index is 9.47. The monoisotopic (exact) mass is 199 g/mol. The first kappa shape index (κ1) is 11.1. The van der Waals surface area contributed by atoms with Gasteiger partial charge in [0.15, 0.2) is 0 Å². The molecule has 0 saturated carbocycles. The molecule has 0 fully saturated rings. The summed E-state index contributed by atoms with van der Waals surface area (Å²) in [5.41, 5.74) is 0.595. The third-order valence-corrected chi connectivity index (χ3v) is 2.09. The smallest absolute Gasteiger partial charge is 0.111 e. The van der Waals surface area contributed by atoms with Crippen LogP contribution >= 0.6 is 0 Å². The van der Waals surface area contributed by atoms with Gasteiger partial charge in [-0.3, -0.25) is 4.68 Å². The van der Waals surface area contributed by atoms with Crippen LogP contribution in [0.4, 0.5) is 0 Å². The summed E-state index contributed by atoms with van der Waals surface area (Å²) >= 11 is 0. The van der Waals surface area contributed by atoms with E-state index >= 15 is 0 Å². The Balaban J connectivity index is 2.59. The molecule has 0 bridgehead atoms. The minimum absolute atomic E-state index is 0.130. The van der Waals surface area contributed by atoms with Crippen molar-refractivity contribution in [3.8, 4) is 0 Å². The topological polar surface area (TPSA) is 71.2 Å². The third-order valence-electron chi connectivity index (χ3n) is 2.09. The number of aliphatic hydroxyl groups excluding tert-OH is 2. The van der Waals surface area contributed by atoms with E-state index in [2.05, 4.69) is 10.3 Å². The number of rotatable bonds is 5. The third kappa shape index (κ3) is 2.78. The second-order valence-corrected chi connectivity index (χ2v) is 3.58. The van der Waals surface area contributed by atoms with Gasteiger partial charge in [-0.05, 0) is 12.3 Å². The van der Waals surface area contributed by atoms with Crippen molar-refractivity contribution < 1.29 is 10.2 Å². The molecule has 1 aromatic heterocycles. The van der Waals surface area contributed by atoms with Crippen LogP contribution in [0.15, 0.2) is 6.20 Å². The van der Waals surface area contributed by atoms with Crippen LogP contribution in [-0.4, -0.2) is 31.8 Å². The van der Waals surface area contributed by atoms with Crippen molar-refractivity contribution in [3.63, 3.8) is 0 Å². The zero-order valence-electron chi connectivity index (χ0n) is 8.59. The van der Waals surface area contributed by atoms with Crippen molar-refractivity contribution >= 4 is 0 Å². The summed E-state index contributed by atoms with van der Waals surface area (Å²) < 4.78 is 1.65. The summed E-state index contributed by atoms with van der Waals surface area (Å²) in [4.78, 5) is 0. The van der Waals surface area contributed by atoms with Crippen molar-refractivity contribution in [1.29, 1.82) is 0 Å². The van der Waals surface area contributed by atoms with Gasteiger partial charge in [-0.15, -0.1) is 5.10 Å². The van der Waals surface area contributed by atoms with Gasteiger partial charge in [-0.1, -0.05) is 19.1 Å². The fourth-order valence-corrected chi connectivity index (χ4v) is 1.14. The molecule has 0 saturated heterocycles. The minimum Gasteiger partial charge on any atom is -0.396 e. The van der Waals surface area contributed by atoms with E-state index in [-0.39, 0.29) is 12.5 Å². The predicted molar refractivity (Wildman–Crippen MR) is 51.5 cm³/mol. The van der Waals surface area contributed by atoms with E-state index in [1.807, 2.05) is 13.8 Å². The van der Waals surface area contributed by atoms with Crippen LogP contribution in [0.3, 0.4) is 0 Å². The SMILES string of the molecule is CCC(O)c1cn(CC(C)CO)nn1. The lowest BCUT2D eigenvalue weighted by Crippen LogP contribution is -2.11. The molecule has 2 N–H and O–H groups in total. The number of aliphatic hydroxyl groups is 2. The maximum Gasteiger partial charge on any atom is 0.111 e. The molecule has 0 amide bonds. The van der Waals surface area contributed by atoms with Crippen molar-refractivity contribution in [2.24, 2.45) is 5.92 Å². The van der Waals surface area contributed by atoms with Gasteiger partial charge in [0, 0.05) is 13.2 Å². The van der Waals surface area contributed by atoms with Gasteiger partial charge in [0.25, 0.3) is 0 Å². The van der Waals surface area contributed by atoms with Gasteiger partial charge in [0.2, 0.25) is 0 Å². The van der Waals surface area contributed by atoms with Gasteiger partial charge >= 0.3 is 0 Å². The van der Waals surface area contributed by atoms with Crippen LogP contribution in [-0.2, 0) is 6.54 Å². The molecular weight excluding hydrogens is 182 g/mol. The van der Waals surface area contributed by atoms with E-state index in [0.717, 1.165) is 0 Å². The molecule has 80 valence electrons. The van der Waals surface area contributed by atoms with Crippen LogP contribution in [0.2, 0.25) is 0 Å². The summed E-state index contributed by atoms with van der Waals surface area (Å²) in [7, 11) is 0. The van der Waals surface area contributed by atoms with E-state index in [1.165, 1.54) is 0 Å².